The number of hydrogen-bond acceptors (Lipinski definition) is 12. The number of likely N-dealkylation sites (tertiary alicyclic amines) is 1. The van der Waals surface area contributed by atoms with Gasteiger partial charge in [-0.3, -0.25) is 19.7 Å². The Labute approximate surface area is 337 Å². The molecule has 2 aromatic carbocycles. The summed E-state index contributed by atoms with van der Waals surface area (Å²) in [7, 11) is 1.84. The molecule has 0 spiro atoms. The summed E-state index contributed by atoms with van der Waals surface area (Å²) >= 11 is 0. The third kappa shape index (κ3) is 7.52. The molecule has 16 nitrogen and oxygen atoms in total. The van der Waals surface area contributed by atoms with Crippen LogP contribution in [-0.4, -0.2) is 126 Å². The Morgan fingerprint density at radius 1 is 0.931 bits per heavy atom. The Morgan fingerprint density at radius 3 is 2.52 bits per heavy atom. The summed E-state index contributed by atoms with van der Waals surface area (Å²) in [6, 6.07) is 14.5. The number of amides is 5. The van der Waals surface area contributed by atoms with Crippen molar-refractivity contribution in [2.75, 3.05) is 81.1 Å². The molecule has 0 bridgehead atoms. The predicted octanol–water partition coefficient (Wildman–Crippen LogP) is 4.02. The first-order chi connectivity index (χ1) is 28.2. The highest BCUT2D eigenvalue weighted by Gasteiger charge is 2.36. The highest BCUT2D eigenvalue weighted by atomic mass is 16.5. The fourth-order valence-electron chi connectivity index (χ4n) is 9.67. The normalized spacial score (nSPS) is 23.6. The van der Waals surface area contributed by atoms with E-state index in [1.165, 1.54) is 5.56 Å². The Hall–Kier alpha value is -5.77. The van der Waals surface area contributed by atoms with Crippen LogP contribution in [0.3, 0.4) is 0 Å². The van der Waals surface area contributed by atoms with Gasteiger partial charge in [-0.15, -0.1) is 0 Å². The van der Waals surface area contributed by atoms with Crippen molar-refractivity contribution in [2.45, 2.75) is 62.8 Å². The molecule has 0 aliphatic carbocycles. The fourth-order valence-corrected chi connectivity index (χ4v) is 9.67. The van der Waals surface area contributed by atoms with Crippen LogP contribution in [0.25, 0.3) is 11.0 Å². The van der Waals surface area contributed by atoms with Crippen LogP contribution in [0, 0.1) is 5.92 Å². The number of fused-ring (bicyclic) bond motifs is 1. The maximum absolute atomic E-state index is 12.7. The lowest BCUT2D eigenvalue weighted by Gasteiger charge is -2.37. The molecule has 5 aliphatic rings. The largest absolute Gasteiger partial charge is 0.371 e. The summed E-state index contributed by atoms with van der Waals surface area (Å²) in [4.78, 5) is 69.7. The number of carbonyl (C=O) groups excluding carboxylic acids is 4. The first-order valence-corrected chi connectivity index (χ1v) is 20.7. The summed E-state index contributed by atoms with van der Waals surface area (Å²) in [6.45, 7) is 7.87. The lowest BCUT2D eigenvalue weighted by molar-refractivity contribution is -0.134. The second-order valence-electron chi connectivity index (χ2n) is 16.6. The molecule has 58 heavy (non-hydrogen) atoms. The monoisotopic (exact) mass is 789 g/mol. The molecule has 1 unspecified atom stereocenters. The van der Waals surface area contributed by atoms with E-state index in [4.69, 9.17) is 15.2 Å². The number of nitrogens with zero attached hydrogens (tertiary/aromatic N) is 8. The molecule has 5 amide bonds. The molecule has 16 heteroatoms. The van der Waals surface area contributed by atoms with Gasteiger partial charge in [0.15, 0.2) is 17.1 Å². The van der Waals surface area contributed by atoms with E-state index in [0.29, 0.717) is 54.1 Å². The lowest BCUT2D eigenvalue weighted by Crippen LogP contribution is -2.49. The minimum absolute atomic E-state index is 0.0685. The zero-order valence-corrected chi connectivity index (χ0v) is 32.9. The van der Waals surface area contributed by atoms with Crippen molar-refractivity contribution in [3.63, 3.8) is 0 Å². The Bertz CT molecular complexity index is 2200. The number of urea groups is 1. The zero-order chi connectivity index (χ0) is 39.9. The number of aromatic nitrogens is 3. The number of nitrogens with two attached hydrogens (primary N) is 1. The highest BCUT2D eigenvalue weighted by Crippen LogP contribution is 2.39. The molecule has 9 rings (SSSR count). The Kier molecular flexibility index (Phi) is 10.3. The van der Waals surface area contributed by atoms with Crippen molar-refractivity contribution in [3.05, 3.63) is 65.6 Å². The second kappa shape index (κ2) is 15.9. The van der Waals surface area contributed by atoms with Crippen molar-refractivity contribution in [1.82, 2.24) is 35.1 Å². The number of imide groups is 1. The van der Waals surface area contributed by atoms with E-state index in [2.05, 4.69) is 53.7 Å². The van der Waals surface area contributed by atoms with Gasteiger partial charge >= 0.3 is 6.03 Å². The minimum Gasteiger partial charge on any atom is -0.371 e. The van der Waals surface area contributed by atoms with Crippen LogP contribution in [0.4, 0.5) is 27.8 Å². The quantitative estimate of drug-likeness (QED) is 0.196. The SMILES string of the molecule is CN1CCN([C@@H]2CCCN(c3cnc(C(N)=O)c(Nc4ccc(C5CCN(C[C@H]6CCN(c7cccc8onc(C9CCC(=O)NC9=O)c78)C6)CC5)cc4)n3)C2)C1=O. The predicted molar refractivity (Wildman–Crippen MR) is 218 cm³/mol. The standard InChI is InChI=1S/C42H51N11O5/c1-49-20-21-53(42(49)57)30-4-3-16-52(25-30)34-22-44-38(39(43)55)40(46-34)45-29-9-7-27(8-10-29)28-14-17-50(18-15-28)23-26-13-19-51(24-26)32-5-2-6-33-36(32)37(48-58-33)31-11-12-35(54)47-41(31)56/h2,5-10,22,26,28,30-31H,3-4,11-21,23-25H2,1H3,(H2,43,55)(H,45,46)(H,47,54,56)/t26-,30-,31?/m1/s1. The van der Waals surface area contributed by atoms with Crippen molar-refractivity contribution < 1.29 is 23.7 Å². The third-order valence-corrected chi connectivity index (χ3v) is 12.9. The van der Waals surface area contributed by atoms with Gasteiger partial charge in [-0.25, -0.2) is 14.8 Å². The van der Waals surface area contributed by atoms with Crippen LogP contribution in [0.15, 0.2) is 53.2 Å². The number of nitrogens with one attached hydrogen (secondary N) is 2. The second-order valence-corrected chi connectivity index (χ2v) is 16.6. The smallest absolute Gasteiger partial charge is 0.320 e. The molecular weight excluding hydrogens is 739 g/mol. The summed E-state index contributed by atoms with van der Waals surface area (Å²) in [5.74, 6) is 0.266. The summed E-state index contributed by atoms with van der Waals surface area (Å²) < 4.78 is 5.68. The van der Waals surface area contributed by atoms with Gasteiger partial charge < -0.3 is 40.1 Å². The van der Waals surface area contributed by atoms with Crippen LogP contribution in [0.2, 0.25) is 0 Å². The van der Waals surface area contributed by atoms with E-state index in [1.807, 2.05) is 36.2 Å². The van der Waals surface area contributed by atoms with Gasteiger partial charge in [0.1, 0.15) is 11.5 Å². The van der Waals surface area contributed by atoms with Crippen molar-refractivity contribution in [1.29, 1.82) is 0 Å². The number of rotatable bonds is 10. The molecule has 304 valence electrons. The first-order valence-electron chi connectivity index (χ1n) is 20.7. The van der Waals surface area contributed by atoms with Gasteiger partial charge in [-0.05, 0) is 93.3 Å². The van der Waals surface area contributed by atoms with Crippen LogP contribution in [0.1, 0.15) is 78.5 Å². The van der Waals surface area contributed by atoms with E-state index < -0.39 is 11.8 Å². The fraction of sp³-hybridized carbons (Fsp3) is 0.500. The van der Waals surface area contributed by atoms with Crippen LogP contribution in [-0.2, 0) is 9.59 Å². The summed E-state index contributed by atoms with van der Waals surface area (Å²) in [5.41, 5.74) is 10.2. The van der Waals surface area contributed by atoms with E-state index in [1.54, 1.807) is 11.1 Å². The maximum Gasteiger partial charge on any atom is 0.320 e. The summed E-state index contributed by atoms with van der Waals surface area (Å²) in [6.07, 6.45) is 7.45. The number of carbonyl (C=O) groups is 4. The van der Waals surface area contributed by atoms with Gasteiger partial charge in [0.05, 0.1) is 23.5 Å². The molecule has 5 fully saturated rings. The zero-order valence-electron chi connectivity index (χ0n) is 32.9. The van der Waals surface area contributed by atoms with Gasteiger partial charge in [-0.1, -0.05) is 23.4 Å². The third-order valence-electron chi connectivity index (χ3n) is 12.9. The number of likely N-dealkylation sites (N-methyl/N-ethyl adjacent to an activating group) is 1. The summed E-state index contributed by atoms with van der Waals surface area (Å²) in [5, 5.41) is 11.0. The highest BCUT2D eigenvalue weighted by molar-refractivity contribution is 6.04. The van der Waals surface area contributed by atoms with E-state index in [-0.39, 0.29) is 29.6 Å². The van der Waals surface area contributed by atoms with E-state index in [9.17, 15) is 19.2 Å². The molecule has 0 saturated carbocycles. The van der Waals surface area contributed by atoms with Crippen molar-refractivity contribution in [3.8, 4) is 0 Å². The van der Waals surface area contributed by atoms with Gasteiger partial charge in [0, 0.05) is 70.7 Å². The molecule has 0 radical (unpaired) electrons. The van der Waals surface area contributed by atoms with E-state index >= 15 is 0 Å². The lowest BCUT2D eigenvalue weighted by atomic mass is 9.89. The van der Waals surface area contributed by atoms with Crippen molar-refractivity contribution in [2.24, 2.45) is 11.7 Å². The number of hydrogen-bond donors (Lipinski definition) is 3. The molecule has 5 aliphatic heterocycles. The Morgan fingerprint density at radius 2 is 1.76 bits per heavy atom. The molecular formula is C42H51N11O5. The van der Waals surface area contributed by atoms with Crippen LogP contribution < -0.4 is 26.2 Å². The number of piperidine rings is 3. The number of anilines is 4. The van der Waals surface area contributed by atoms with Gasteiger partial charge in [-0.2, -0.15) is 0 Å². The van der Waals surface area contributed by atoms with E-state index in [0.717, 1.165) is 101 Å². The molecule has 2 aromatic heterocycles. The van der Waals surface area contributed by atoms with Crippen LogP contribution in [0.5, 0.6) is 0 Å². The topological polar surface area (TPSA) is 186 Å². The molecule has 3 atom stereocenters. The molecule has 4 N–H and O–H groups in total. The first kappa shape index (κ1) is 37.8. The molecule has 5 saturated heterocycles. The minimum atomic E-state index is -0.649. The number of benzene rings is 2. The Balaban J connectivity index is 0.795. The van der Waals surface area contributed by atoms with Crippen LogP contribution >= 0.6 is 0 Å². The molecule has 7 heterocycles. The average Bonchev–Trinajstić information content (AvgIpc) is 3.97. The molecule has 4 aromatic rings. The van der Waals surface area contributed by atoms with Gasteiger partial charge in [0.2, 0.25) is 11.8 Å². The average molecular weight is 790 g/mol. The van der Waals surface area contributed by atoms with Crippen molar-refractivity contribution >= 4 is 57.7 Å². The maximum atomic E-state index is 12.7. The number of primary amides is 1. The van der Waals surface area contributed by atoms with Gasteiger partial charge in [0.25, 0.3) is 5.91 Å².